The standard InChI is InChI=1S/C11H23F2O5P/c1-8(2)17-19(16,18-9(3)4)11(12,13)10(15)6-5-7-14/h8-10,14-15H,5-7H2,1-4H3. The zero-order valence-electron chi connectivity index (χ0n) is 11.7. The van der Waals surface area contributed by atoms with E-state index in [1.165, 1.54) is 27.7 Å². The molecule has 116 valence electrons. The van der Waals surface area contributed by atoms with Crippen molar-refractivity contribution in [1.82, 2.24) is 0 Å². The predicted molar refractivity (Wildman–Crippen MR) is 67.3 cm³/mol. The molecule has 0 heterocycles. The molecule has 0 saturated carbocycles. The summed E-state index contributed by atoms with van der Waals surface area (Å²) in [5.41, 5.74) is -4.02. The summed E-state index contributed by atoms with van der Waals surface area (Å²) in [6.45, 7) is 5.46. The monoisotopic (exact) mass is 304 g/mol. The summed E-state index contributed by atoms with van der Waals surface area (Å²) in [5.74, 6) is 0. The second kappa shape index (κ2) is 7.64. The van der Waals surface area contributed by atoms with Gasteiger partial charge in [-0.15, -0.1) is 0 Å². The average molecular weight is 304 g/mol. The van der Waals surface area contributed by atoms with Gasteiger partial charge in [0.25, 0.3) is 0 Å². The van der Waals surface area contributed by atoms with E-state index in [9.17, 15) is 18.5 Å². The van der Waals surface area contributed by atoms with Crippen molar-refractivity contribution in [1.29, 1.82) is 0 Å². The van der Waals surface area contributed by atoms with Crippen LogP contribution in [0.4, 0.5) is 8.78 Å². The number of hydrogen-bond acceptors (Lipinski definition) is 5. The second-order valence-corrected chi connectivity index (χ2v) is 6.79. The van der Waals surface area contributed by atoms with E-state index in [0.717, 1.165) is 0 Å². The zero-order valence-corrected chi connectivity index (χ0v) is 12.6. The van der Waals surface area contributed by atoms with Gasteiger partial charge in [-0.3, -0.25) is 4.57 Å². The molecule has 0 bridgehead atoms. The van der Waals surface area contributed by atoms with Crippen LogP contribution in [0.3, 0.4) is 0 Å². The second-order valence-electron chi connectivity index (χ2n) is 4.78. The third-order valence-electron chi connectivity index (χ3n) is 2.10. The molecule has 8 heteroatoms. The molecule has 0 aliphatic heterocycles. The summed E-state index contributed by atoms with van der Waals surface area (Å²) in [6, 6.07) is 0. The molecule has 0 aliphatic rings. The summed E-state index contributed by atoms with van der Waals surface area (Å²) in [6.07, 6.45) is -4.08. The van der Waals surface area contributed by atoms with E-state index >= 15 is 0 Å². The van der Waals surface area contributed by atoms with Crippen molar-refractivity contribution >= 4 is 7.60 Å². The smallest absolute Gasteiger partial charge is 0.396 e. The van der Waals surface area contributed by atoms with Gasteiger partial charge in [0.05, 0.1) is 12.2 Å². The van der Waals surface area contributed by atoms with Crippen LogP contribution < -0.4 is 0 Å². The topological polar surface area (TPSA) is 76.0 Å². The number of aliphatic hydroxyl groups excluding tert-OH is 2. The van der Waals surface area contributed by atoms with Crippen LogP contribution in [-0.4, -0.2) is 40.8 Å². The van der Waals surface area contributed by atoms with Crippen LogP contribution in [-0.2, 0) is 13.6 Å². The van der Waals surface area contributed by atoms with Crippen LogP contribution in [0.1, 0.15) is 40.5 Å². The summed E-state index contributed by atoms with van der Waals surface area (Å²) >= 11 is 0. The first-order valence-corrected chi connectivity index (χ1v) is 7.74. The Kier molecular flexibility index (Phi) is 7.62. The Hall–Kier alpha value is -0.0700. The summed E-state index contributed by atoms with van der Waals surface area (Å²) < 4.78 is 49.9. The van der Waals surface area contributed by atoms with Gasteiger partial charge in [0, 0.05) is 6.61 Å². The molecule has 0 spiro atoms. The Labute approximate surface area is 112 Å². The lowest BCUT2D eigenvalue weighted by Gasteiger charge is -2.32. The van der Waals surface area contributed by atoms with Crippen molar-refractivity contribution in [2.75, 3.05) is 6.61 Å². The van der Waals surface area contributed by atoms with Gasteiger partial charge >= 0.3 is 13.3 Å². The highest BCUT2D eigenvalue weighted by Crippen LogP contribution is 2.65. The summed E-state index contributed by atoms with van der Waals surface area (Å²) in [7, 11) is -4.80. The molecule has 0 aromatic carbocycles. The molecule has 0 radical (unpaired) electrons. The van der Waals surface area contributed by atoms with Gasteiger partial charge in [-0.05, 0) is 40.5 Å². The lowest BCUT2D eigenvalue weighted by Crippen LogP contribution is -2.36. The van der Waals surface area contributed by atoms with Gasteiger partial charge in [0.15, 0.2) is 0 Å². The van der Waals surface area contributed by atoms with Crippen molar-refractivity contribution in [2.45, 2.75) is 64.5 Å². The van der Waals surface area contributed by atoms with Gasteiger partial charge in [0.2, 0.25) is 0 Å². The minimum absolute atomic E-state index is 0.0277. The zero-order chi connectivity index (χ0) is 15.3. The first kappa shape index (κ1) is 18.9. The largest absolute Gasteiger partial charge is 0.402 e. The SMILES string of the molecule is CC(C)OP(=O)(OC(C)C)C(F)(F)C(O)CCCO. The van der Waals surface area contributed by atoms with E-state index < -0.39 is 38.0 Å². The van der Waals surface area contributed by atoms with E-state index in [1.807, 2.05) is 0 Å². The molecular weight excluding hydrogens is 281 g/mol. The molecule has 1 atom stereocenters. The van der Waals surface area contributed by atoms with Crippen LogP contribution in [0, 0.1) is 0 Å². The van der Waals surface area contributed by atoms with Crippen molar-refractivity contribution in [2.24, 2.45) is 0 Å². The molecule has 5 nitrogen and oxygen atoms in total. The van der Waals surface area contributed by atoms with Crippen molar-refractivity contribution in [3.8, 4) is 0 Å². The van der Waals surface area contributed by atoms with Crippen LogP contribution in [0.2, 0.25) is 0 Å². The quantitative estimate of drug-likeness (QED) is 0.641. The Balaban J connectivity index is 5.15. The molecule has 1 unspecified atom stereocenters. The normalized spacial score (nSPS) is 15.3. The fraction of sp³-hybridized carbons (Fsp3) is 1.00. The summed E-state index contributed by atoms with van der Waals surface area (Å²) in [5, 5.41) is 18.1. The highest BCUT2D eigenvalue weighted by atomic mass is 31.2. The third kappa shape index (κ3) is 5.44. The molecule has 0 amide bonds. The first-order chi connectivity index (χ1) is 8.56. The highest BCUT2D eigenvalue weighted by molar-refractivity contribution is 7.55. The number of hydrogen-bond donors (Lipinski definition) is 2. The Morgan fingerprint density at radius 3 is 1.89 bits per heavy atom. The first-order valence-electron chi connectivity index (χ1n) is 6.20. The molecule has 19 heavy (non-hydrogen) atoms. The fourth-order valence-corrected chi connectivity index (χ4v) is 3.30. The molecule has 0 fully saturated rings. The third-order valence-corrected chi connectivity index (χ3v) is 4.53. The van der Waals surface area contributed by atoms with E-state index in [-0.39, 0.29) is 13.0 Å². The number of alkyl halides is 2. The van der Waals surface area contributed by atoms with Crippen molar-refractivity contribution in [3.05, 3.63) is 0 Å². The van der Waals surface area contributed by atoms with E-state index in [2.05, 4.69) is 0 Å². The number of halogens is 2. The number of rotatable bonds is 9. The molecule has 0 aliphatic carbocycles. The molecule has 0 aromatic heterocycles. The van der Waals surface area contributed by atoms with E-state index in [0.29, 0.717) is 0 Å². The Bertz CT molecular complexity index is 295. The Morgan fingerprint density at radius 1 is 1.16 bits per heavy atom. The van der Waals surface area contributed by atoms with Crippen molar-refractivity contribution in [3.63, 3.8) is 0 Å². The van der Waals surface area contributed by atoms with Gasteiger partial charge in [-0.25, -0.2) is 0 Å². The lowest BCUT2D eigenvalue weighted by atomic mass is 10.2. The van der Waals surface area contributed by atoms with E-state index in [4.69, 9.17) is 14.2 Å². The minimum Gasteiger partial charge on any atom is -0.396 e. The lowest BCUT2D eigenvalue weighted by molar-refractivity contribution is -0.0759. The van der Waals surface area contributed by atoms with Crippen LogP contribution in [0.5, 0.6) is 0 Å². The maximum atomic E-state index is 14.1. The molecule has 2 N–H and O–H groups in total. The summed E-state index contributed by atoms with van der Waals surface area (Å²) in [4.78, 5) is 0. The van der Waals surface area contributed by atoms with Gasteiger partial charge in [-0.2, -0.15) is 8.78 Å². The molecular formula is C11H23F2O5P. The predicted octanol–water partition coefficient (Wildman–Crippen LogP) is 2.76. The molecule has 0 rings (SSSR count). The van der Waals surface area contributed by atoms with Gasteiger partial charge < -0.3 is 19.3 Å². The van der Waals surface area contributed by atoms with Crippen molar-refractivity contribution < 1.29 is 32.6 Å². The van der Waals surface area contributed by atoms with E-state index in [1.54, 1.807) is 0 Å². The minimum atomic E-state index is -4.80. The van der Waals surface area contributed by atoms with Gasteiger partial charge in [0.1, 0.15) is 6.10 Å². The highest BCUT2D eigenvalue weighted by Gasteiger charge is 2.59. The van der Waals surface area contributed by atoms with Crippen LogP contribution >= 0.6 is 7.60 Å². The van der Waals surface area contributed by atoms with Gasteiger partial charge in [-0.1, -0.05) is 0 Å². The maximum absolute atomic E-state index is 14.1. The number of aliphatic hydroxyl groups is 2. The van der Waals surface area contributed by atoms with Crippen LogP contribution in [0.15, 0.2) is 0 Å². The molecule has 0 aromatic rings. The maximum Gasteiger partial charge on any atom is 0.402 e. The molecule has 0 saturated heterocycles. The van der Waals surface area contributed by atoms with Crippen LogP contribution in [0.25, 0.3) is 0 Å². The Morgan fingerprint density at radius 2 is 1.58 bits per heavy atom. The fourth-order valence-electron chi connectivity index (χ4n) is 1.36. The average Bonchev–Trinajstić information content (AvgIpc) is 2.22.